The molecule has 0 spiro atoms. The highest BCUT2D eigenvalue weighted by Gasteiger charge is 2.10. The molecule has 0 saturated carbocycles. The number of likely N-dealkylation sites (N-methyl/N-ethyl adjacent to an activating group) is 1. The monoisotopic (exact) mass is 310 g/mol. The first-order valence-corrected chi connectivity index (χ1v) is 8.19. The Morgan fingerprint density at radius 2 is 1.70 bits per heavy atom. The summed E-state index contributed by atoms with van der Waals surface area (Å²) in [5, 5.41) is 2.60. The van der Waals surface area contributed by atoms with Gasteiger partial charge >= 0.3 is 0 Å². The number of fused-ring (bicyclic) bond motifs is 1. The molecule has 1 N–H and O–H groups in total. The SMILES string of the molecule is CN1CCc2ccccc2C1.CNC(=O)CCc1ccccc1. The van der Waals surface area contributed by atoms with Crippen molar-refractivity contribution in [2.45, 2.75) is 25.8 Å². The Hall–Kier alpha value is -2.13. The summed E-state index contributed by atoms with van der Waals surface area (Å²) in [6, 6.07) is 18.7. The summed E-state index contributed by atoms with van der Waals surface area (Å²) in [5.74, 6) is 0.0962. The molecular weight excluding hydrogens is 284 g/mol. The smallest absolute Gasteiger partial charge is 0.220 e. The van der Waals surface area contributed by atoms with Crippen LogP contribution in [-0.4, -0.2) is 31.4 Å². The number of hydrogen-bond donors (Lipinski definition) is 1. The summed E-state index contributed by atoms with van der Waals surface area (Å²) < 4.78 is 0. The van der Waals surface area contributed by atoms with Gasteiger partial charge in [-0.1, -0.05) is 54.6 Å². The van der Waals surface area contributed by atoms with Gasteiger partial charge in [0.25, 0.3) is 0 Å². The molecule has 3 nitrogen and oxygen atoms in total. The van der Waals surface area contributed by atoms with Crippen LogP contribution in [-0.2, 0) is 24.2 Å². The molecule has 0 fully saturated rings. The Morgan fingerprint density at radius 3 is 2.39 bits per heavy atom. The molecule has 1 amide bonds. The van der Waals surface area contributed by atoms with Crippen LogP contribution in [0.2, 0.25) is 0 Å². The van der Waals surface area contributed by atoms with Gasteiger partial charge in [-0.05, 0) is 36.6 Å². The van der Waals surface area contributed by atoms with E-state index in [4.69, 9.17) is 0 Å². The lowest BCUT2D eigenvalue weighted by atomic mass is 10.0. The molecule has 122 valence electrons. The zero-order chi connectivity index (χ0) is 16.5. The maximum Gasteiger partial charge on any atom is 0.220 e. The summed E-state index contributed by atoms with van der Waals surface area (Å²) in [7, 11) is 3.84. The molecule has 1 aliphatic heterocycles. The van der Waals surface area contributed by atoms with Gasteiger partial charge in [0, 0.05) is 26.6 Å². The van der Waals surface area contributed by atoms with Crippen molar-refractivity contribution in [3.8, 4) is 0 Å². The van der Waals surface area contributed by atoms with Gasteiger partial charge in [0.1, 0.15) is 0 Å². The van der Waals surface area contributed by atoms with Gasteiger partial charge in [-0.2, -0.15) is 0 Å². The fourth-order valence-corrected chi connectivity index (χ4v) is 2.66. The van der Waals surface area contributed by atoms with E-state index in [-0.39, 0.29) is 5.91 Å². The molecular formula is C20H26N2O. The summed E-state index contributed by atoms with van der Waals surface area (Å²) in [4.78, 5) is 13.2. The quantitative estimate of drug-likeness (QED) is 0.945. The molecule has 0 unspecified atom stereocenters. The molecule has 0 aliphatic carbocycles. The van der Waals surface area contributed by atoms with Crippen LogP contribution in [0.25, 0.3) is 0 Å². The first-order chi connectivity index (χ1) is 11.2. The number of aryl methyl sites for hydroxylation is 1. The topological polar surface area (TPSA) is 32.3 Å². The van der Waals surface area contributed by atoms with Crippen molar-refractivity contribution in [3.63, 3.8) is 0 Å². The Morgan fingerprint density at radius 1 is 1.04 bits per heavy atom. The van der Waals surface area contributed by atoms with Crippen LogP contribution in [0, 0.1) is 0 Å². The minimum Gasteiger partial charge on any atom is -0.359 e. The highest BCUT2D eigenvalue weighted by Crippen LogP contribution is 2.16. The van der Waals surface area contributed by atoms with Gasteiger partial charge in [-0.3, -0.25) is 4.79 Å². The summed E-state index contributed by atoms with van der Waals surface area (Å²) >= 11 is 0. The van der Waals surface area contributed by atoms with Crippen LogP contribution in [0.3, 0.4) is 0 Å². The molecule has 0 saturated heterocycles. The average molecular weight is 310 g/mol. The minimum atomic E-state index is 0.0962. The van der Waals surface area contributed by atoms with E-state index in [1.165, 1.54) is 29.7 Å². The number of carbonyl (C=O) groups is 1. The maximum absolute atomic E-state index is 10.9. The highest BCUT2D eigenvalue weighted by atomic mass is 16.1. The third-order valence-corrected chi connectivity index (χ3v) is 4.08. The lowest BCUT2D eigenvalue weighted by Gasteiger charge is -2.24. The zero-order valence-electron chi connectivity index (χ0n) is 14.1. The minimum absolute atomic E-state index is 0.0962. The molecule has 1 aliphatic rings. The number of carbonyl (C=O) groups excluding carboxylic acids is 1. The standard InChI is InChI=1S/C10H13NO.C10H13N/c1-11-10(12)8-7-9-5-3-2-4-6-9;1-11-7-6-9-4-2-3-5-10(9)8-11/h2-6H,7-8H2,1H3,(H,11,12);2-5H,6-8H2,1H3. The number of benzene rings is 2. The van der Waals surface area contributed by atoms with Crippen molar-refractivity contribution in [3.05, 3.63) is 71.3 Å². The van der Waals surface area contributed by atoms with Gasteiger partial charge in [0.2, 0.25) is 5.91 Å². The number of nitrogens with zero attached hydrogens (tertiary/aromatic N) is 1. The second kappa shape index (κ2) is 9.11. The van der Waals surface area contributed by atoms with Crippen molar-refractivity contribution < 1.29 is 4.79 Å². The van der Waals surface area contributed by atoms with E-state index in [2.05, 4.69) is 41.5 Å². The number of rotatable bonds is 3. The van der Waals surface area contributed by atoms with Crippen LogP contribution in [0.1, 0.15) is 23.1 Å². The molecule has 0 aromatic heterocycles. The normalized spacial score (nSPS) is 13.5. The first kappa shape index (κ1) is 17.2. The van der Waals surface area contributed by atoms with E-state index in [0.29, 0.717) is 6.42 Å². The first-order valence-electron chi connectivity index (χ1n) is 8.19. The van der Waals surface area contributed by atoms with Crippen molar-refractivity contribution in [2.75, 3.05) is 20.6 Å². The molecule has 0 radical (unpaired) electrons. The highest BCUT2D eigenvalue weighted by molar-refractivity contribution is 5.75. The number of amides is 1. The molecule has 23 heavy (non-hydrogen) atoms. The Bertz CT molecular complexity index is 610. The second-order valence-electron chi connectivity index (χ2n) is 5.92. The summed E-state index contributed by atoms with van der Waals surface area (Å²) in [6.45, 7) is 2.33. The Kier molecular flexibility index (Phi) is 6.82. The predicted octanol–water partition coefficient (Wildman–Crippen LogP) is 3.04. The molecule has 0 bridgehead atoms. The van der Waals surface area contributed by atoms with Crippen LogP contribution < -0.4 is 5.32 Å². The third kappa shape index (κ3) is 5.87. The van der Waals surface area contributed by atoms with Crippen LogP contribution in [0.15, 0.2) is 54.6 Å². The van der Waals surface area contributed by atoms with Gasteiger partial charge < -0.3 is 10.2 Å². The number of hydrogen-bond acceptors (Lipinski definition) is 2. The maximum atomic E-state index is 10.9. The second-order valence-corrected chi connectivity index (χ2v) is 5.92. The van der Waals surface area contributed by atoms with Crippen molar-refractivity contribution in [2.24, 2.45) is 0 Å². The van der Waals surface area contributed by atoms with Crippen molar-refractivity contribution in [1.82, 2.24) is 10.2 Å². The number of nitrogens with one attached hydrogen (secondary N) is 1. The molecule has 3 rings (SSSR count). The van der Waals surface area contributed by atoms with Crippen LogP contribution in [0.5, 0.6) is 0 Å². The van der Waals surface area contributed by atoms with E-state index < -0.39 is 0 Å². The van der Waals surface area contributed by atoms with E-state index in [1.807, 2.05) is 30.3 Å². The molecule has 2 aromatic carbocycles. The fourth-order valence-electron chi connectivity index (χ4n) is 2.66. The van der Waals surface area contributed by atoms with Crippen LogP contribution in [0.4, 0.5) is 0 Å². The lowest BCUT2D eigenvalue weighted by Crippen LogP contribution is -2.26. The molecule has 3 heteroatoms. The van der Waals surface area contributed by atoms with Gasteiger partial charge in [-0.25, -0.2) is 0 Å². The molecule has 2 aromatic rings. The van der Waals surface area contributed by atoms with E-state index >= 15 is 0 Å². The van der Waals surface area contributed by atoms with E-state index in [9.17, 15) is 4.79 Å². The van der Waals surface area contributed by atoms with Gasteiger partial charge in [-0.15, -0.1) is 0 Å². The molecule has 1 heterocycles. The van der Waals surface area contributed by atoms with E-state index in [0.717, 1.165) is 13.0 Å². The largest absolute Gasteiger partial charge is 0.359 e. The lowest BCUT2D eigenvalue weighted by molar-refractivity contribution is -0.120. The molecule has 0 atom stereocenters. The average Bonchev–Trinajstić information content (AvgIpc) is 2.61. The summed E-state index contributed by atoms with van der Waals surface area (Å²) in [6.07, 6.45) is 2.60. The Balaban J connectivity index is 0.000000167. The Labute approximate surface area is 139 Å². The fraction of sp³-hybridized carbons (Fsp3) is 0.350. The predicted molar refractivity (Wildman–Crippen MR) is 95.3 cm³/mol. The third-order valence-electron chi connectivity index (χ3n) is 4.08. The van der Waals surface area contributed by atoms with Gasteiger partial charge in [0.15, 0.2) is 0 Å². The van der Waals surface area contributed by atoms with Gasteiger partial charge in [0.05, 0.1) is 0 Å². The summed E-state index contributed by atoms with van der Waals surface area (Å²) in [5.41, 5.74) is 4.24. The van der Waals surface area contributed by atoms with Crippen molar-refractivity contribution >= 4 is 5.91 Å². The van der Waals surface area contributed by atoms with Crippen LogP contribution >= 0.6 is 0 Å². The van der Waals surface area contributed by atoms with Crippen molar-refractivity contribution in [1.29, 1.82) is 0 Å². The zero-order valence-corrected chi connectivity index (χ0v) is 14.1. The van der Waals surface area contributed by atoms with E-state index in [1.54, 1.807) is 7.05 Å².